The molecule has 0 bridgehead atoms. The molecule has 1 fully saturated rings. The number of hydrogen-bond donors (Lipinski definition) is 0. The molecule has 1 aliphatic rings. The Morgan fingerprint density at radius 1 is 1.14 bits per heavy atom. The summed E-state index contributed by atoms with van der Waals surface area (Å²) in [6, 6.07) is 13.9. The van der Waals surface area contributed by atoms with Crippen molar-refractivity contribution >= 4 is 27.5 Å². The van der Waals surface area contributed by atoms with Crippen molar-refractivity contribution in [2.75, 3.05) is 26.2 Å². The number of thiazole rings is 1. The number of amides is 1. The molecular weight excluding hydrogens is 377 g/mol. The van der Waals surface area contributed by atoms with Gasteiger partial charge in [0.25, 0.3) is 5.91 Å². The van der Waals surface area contributed by atoms with Gasteiger partial charge in [0, 0.05) is 26.2 Å². The highest BCUT2D eigenvalue weighted by atomic mass is 32.1. The monoisotopic (exact) mass is 399 g/mol. The van der Waals surface area contributed by atoms with Crippen LogP contribution in [0.3, 0.4) is 0 Å². The standard InChI is InChI=1S/C21H22FN3O2S/c1-15(27-17-8-6-16(22)7-9-17)21(26)25-12-10-24(11-13-25)14-20-23-18-4-2-3-5-19(18)28-20/h2-9,15H,10-14H2,1H3/t15-/m0/s1. The Morgan fingerprint density at radius 3 is 2.57 bits per heavy atom. The minimum atomic E-state index is -0.596. The quantitative estimate of drug-likeness (QED) is 0.658. The molecule has 4 rings (SSSR count). The molecule has 0 spiro atoms. The number of nitrogens with zero attached hydrogens (tertiary/aromatic N) is 3. The van der Waals surface area contributed by atoms with E-state index < -0.39 is 6.10 Å². The lowest BCUT2D eigenvalue weighted by molar-refractivity contribution is -0.139. The molecule has 1 aliphatic heterocycles. The molecule has 146 valence electrons. The first kappa shape index (κ1) is 18.8. The lowest BCUT2D eigenvalue weighted by atomic mass is 10.2. The Kier molecular flexibility index (Phi) is 5.54. The van der Waals surface area contributed by atoms with Crippen molar-refractivity contribution in [3.63, 3.8) is 0 Å². The zero-order valence-electron chi connectivity index (χ0n) is 15.7. The molecule has 0 aliphatic carbocycles. The third-order valence-corrected chi connectivity index (χ3v) is 5.88. The van der Waals surface area contributed by atoms with Crippen LogP contribution in [0.5, 0.6) is 5.75 Å². The van der Waals surface area contributed by atoms with E-state index in [1.54, 1.807) is 18.3 Å². The molecule has 1 atom stereocenters. The van der Waals surface area contributed by atoms with Gasteiger partial charge < -0.3 is 9.64 Å². The summed E-state index contributed by atoms with van der Waals surface area (Å²) in [5, 5.41) is 1.11. The summed E-state index contributed by atoms with van der Waals surface area (Å²) in [5.41, 5.74) is 1.04. The fourth-order valence-corrected chi connectivity index (χ4v) is 4.34. The Hall–Kier alpha value is -2.51. The summed E-state index contributed by atoms with van der Waals surface area (Å²) < 4.78 is 19.9. The minimum absolute atomic E-state index is 0.0380. The lowest BCUT2D eigenvalue weighted by Crippen LogP contribution is -2.51. The number of halogens is 1. The van der Waals surface area contributed by atoms with Crippen LogP contribution in [0.15, 0.2) is 48.5 Å². The smallest absolute Gasteiger partial charge is 0.263 e. The molecule has 3 aromatic rings. The maximum absolute atomic E-state index is 13.0. The average molecular weight is 399 g/mol. The average Bonchev–Trinajstić information content (AvgIpc) is 3.12. The van der Waals surface area contributed by atoms with Crippen molar-refractivity contribution in [2.24, 2.45) is 0 Å². The first-order chi connectivity index (χ1) is 13.6. The topological polar surface area (TPSA) is 45.7 Å². The molecule has 2 heterocycles. The van der Waals surface area contributed by atoms with E-state index in [4.69, 9.17) is 9.72 Å². The van der Waals surface area contributed by atoms with Crippen molar-refractivity contribution in [1.29, 1.82) is 0 Å². The van der Waals surface area contributed by atoms with Crippen molar-refractivity contribution in [3.05, 3.63) is 59.4 Å². The van der Waals surface area contributed by atoms with E-state index in [0.29, 0.717) is 18.8 Å². The van der Waals surface area contributed by atoms with Gasteiger partial charge in [0.15, 0.2) is 6.10 Å². The highest BCUT2D eigenvalue weighted by Crippen LogP contribution is 2.23. The van der Waals surface area contributed by atoms with Crippen LogP contribution in [0.4, 0.5) is 4.39 Å². The van der Waals surface area contributed by atoms with Gasteiger partial charge in [0.1, 0.15) is 16.6 Å². The predicted octanol–water partition coefficient (Wildman–Crippen LogP) is 3.55. The number of para-hydroxylation sites is 1. The highest BCUT2D eigenvalue weighted by Gasteiger charge is 2.26. The Morgan fingerprint density at radius 2 is 1.86 bits per heavy atom. The maximum Gasteiger partial charge on any atom is 0.263 e. The molecule has 0 saturated carbocycles. The van der Waals surface area contributed by atoms with Gasteiger partial charge in [0.05, 0.1) is 16.8 Å². The Balaban J connectivity index is 1.29. The highest BCUT2D eigenvalue weighted by molar-refractivity contribution is 7.18. The number of carbonyl (C=O) groups excluding carboxylic acids is 1. The second-order valence-corrected chi connectivity index (χ2v) is 8.01. The number of fused-ring (bicyclic) bond motifs is 1. The summed E-state index contributed by atoms with van der Waals surface area (Å²) in [4.78, 5) is 21.5. The van der Waals surface area contributed by atoms with Crippen molar-refractivity contribution in [2.45, 2.75) is 19.6 Å². The van der Waals surface area contributed by atoms with Crippen LogP contribution in [-0.4, -0.2) is 53.0 Å². The van der Waals surface area contributed by atoms with E-state index in [0.717, 1.165) is 30.2 Å². The van der Waals surface area contributed by atoms with Gasteiger partial charge in [-0.3, -0.25) is 9.69 Å². The van der Waals surface area contributed by atoms with E-state index in [-0.39, 0.29) is 11.7 Å². The molecule has 2 aromatic carbocycles. The first-order valence-electron chi connectivity index (χ1n) is 9.36. The molecule has 0 radical (unpaired) electrons. The number of aromatic nitrogens is 1. The number of hydrogen-bond acceptors (Lipinski definition) is 5. The van der Waals surface area contributed by atoms with Crippen LogP contribution >= 0.6 is 11.3 Å². The number of carbonyl (C=O) groups is 1. The number of piperazine rings is 1. The molecule has 7 heteroatoms. The number of rotatable bonds is 5. The van der Waals surface area contributed by atoms with E-state index in [2.05, 4.69) is 11.0 Å². The molecular formula is C21H22FN3O2S. The minimum Gasteiger partial charge on any atom is -0.481 e. The van der Waals surface area contributed by atoms with Crippen LogP contribution in [0.1, 0.15) is 11.9 Å². The van der Waals surface area contributed by atoms with Gasteiger partial charge >= 0.3 is 0 Å². The van der Waals surface area contributed by atoms with E-state index >= 15 is 0 Å². The molecule has 28 heavy (non-hydrogen) atoms. The summed E-state index contributed by atoms with van der Waals surface area (Å²) in [7, 11) is 0. The zero-order valence-corrected chi connectivity index (χ0v) is 16.5. The second-order valence-electron chi connectivity index (χ2n) is 6.89. The second kappa shape index (κ2) is 8.24. The summed E-state index contributed by atoms with van der Waals surface area (Å²) in [6.45, 7) is 5.50. The summed E-state index contributed by atoms with van der Waals surface area (Å²) in [5.74, 6) is 0.135. The van der Waals surface area contributed by atoms with Gasteiger partial charge in [-0.2, -0.15) is 0 Å². The van der Waals surface area contributed by atoms with Crippen LogP contribution in [-0.2, 0) is 11.3 Å². The zero-order chi connectivity index (χ0) is 19.5. The summed E-state index contributed by atoms with van der Waals surface area (Å²) in [6.07, 6.45) is -0.596. The molecule has 1 amide bonds. The van der Waals surface area contributed by atoms with E-state index in [9.17, 15) is 9.18 Å². The van der Waals surface area contributed by atoms with Crippen molar-refractivity contribution in [1.82, 2.24) is 14.8 Å². The van der Waals surface area contributed by atoms with Gasteiger partial charge in [0.2, 0.25) is 0 Å². The maximum atomic E-state index is 13.0. The summed E-state index contributed by atoms with van der Waals surface area (Å²) >= 11 is 1.73. The molecule has 1 saturated heterocycles. The van der Waals surface area contributed by atoms with Gasteiger partial charge in [-0.05, 0) is 43.3 Å². The predicted molar refractivity (Wildman–Crippen MR) is 108 cm³/mol. The Labute approximate surface area is 167 Å². The third kappa shape index (κ3) is 4.31. The molecule has 1 aromatic heterocycles. The van der Waals surface area contributed by atoms with Crippen LogP contribution < -0.4 is 4.74 Å². The fraction of sp³-hybridized carbons (Fsp3) is 0.333. The van der Waals surface area contributed by atoms with Crippen molar-refractivity contribution < 1.29 is 13.9 Å². The third-order valence-electron chi connectivity index (χ3n) is 4.86. The van der Waals surface area contributed by atoms with Crippen molar-refractivity contribution in [3.8, 4) is 5.75 Å². The first-order valence-corrected chi connectivity index (χ1v) is 10.2. The number of benzene rings is 2. The molecule has 0 N–H and O–H groups in total. The van der Waals surface area contributed by atoms with Gasteiger partial charge in [-0.1, -0.05) is 12.1 Å². The van der Waals surface area contributed by atoms with Gasteiger partial charge in [-0.25, -0.2) is 9.37 Å². The fourth-order valence-electron chi connectivity index (χ4n) is 3.33. The van der Waals surface area contributed by atoms with Crippen LogP contribution in [0.2, 0.25) is 0 Å². The lowest BCUT2D eigenvalue weighted by Gasteiger charge is -2.35. The van der Waals surface area contributed by atoms with Gasteiger partial charge in [-0.15, -0.1) is 11.3 Å². The molecule has 0 unspecified atom stereocenters. The SMILES string of the molecule is C[C@H](Oc1ccc(F)cc1)C(=O)N1CCN(Cc2nc3ccccc3s2)CC1. The number of ether oxygens (including phenoxy) is 1. The Bertz CT molecular complexity index is 919. The molecule has 5 nitrogen and oxygen atoms in total. The largest absolute Gasteiger partial charge is 0.481 e. The van der Waals surface area contributed by atoms with E-state index in [1.165, 1.54) is 29.0 Å². The van der Waals surface area contributed by atoms with Crippen LogP contribution in [0, 0.1) is 5.82 Å². The normalized spacial score (nSPS) is 16.3. The van der Waals surface area contributed by atoms with E-state index in [1.807, 2.05) is 23.1 Å². The van der Waals surface area contributed by atoms with Crippen LogP contribution in [0.25, 0.3) is 10.2 Å².